The summed E-state index contributed by atoms with van der Waals surface area (Å²) in [6, 6.07) is 0. The molecule has 68 valence electrons. The van der Waals surface area contributed by atoms with Crippen LogP contribution in [0.15, 0.2) is 0 Å². The minimum Gasteiger partial charge on any atom is -0.392 e. The standard InChI is InChI=1S/C7H13N3OS/c1-5(11)4-10(3)7-8-6(2)9-12-7/h5,11H,4H2,1-3H3. The Morgan fingerprint density at radius 3 is 2.75 bits per heavy atom. The second-order valence-corrected chi connectivity index (χ2v) is 3.58. The molecule has 1 N–H and O–H groups in total. The fourth-order valence-corrected chi connectivity index (χ4v) is 1.56. The molecular formula is C7H13N3OS. The van der Waals surface area contributed by atoms with Crippen molar-refractivity contribution < 1.29 is 5.11 Å². The lowest BCUT2D eigenvalue weighted by Gasteiger charge is -2.16. The molecule has 12 heavy (non-hydrogen) atoms. The summed E-state index contributed by atoms with van der Waals surface area (Å²) in [5.41, 5.74) is 0. The van der Waals surface area contributed by atoms with Gasteiger partial charge in [-0.25, -0.2) is 4.98 Å². The highest BCUT2D eigenvalue weighted by Gasteiger charge is 2.07. The number of rotatable bonds is 3. The molecule has 0 amide bonds. The monoisotopic (exact) mass is 187 g/mol. The maximum Gasteiger partial charge on any atom is 0.205 e. The SMILES string of the molecule is Cc1nsc(N(C)CC(C)O)n1. The Morgan fingerprint density at radius 1 is 1.67 bits per heavy atom. The van der Waals surface area contributed by atoms with Gasteiger partial charge in [0.1, 0.15) is 5.82 Å². The number of aromatic nitrogens is 2. The van der Waals surface area contributed by atoms with Gasteiger partial charge in [0.15, 0.2) is 0 Å². The molecule has 4 nitrogen and oxygen atoms in total. The molecule has 1 heterocycles. The van der Waals surface area contributed by atoms with Crippen molar-refractivity contribution in [2.45, 2.75) is 20.0 Å². The van der Waals surface area contributed by atoms with Gasteiger partial charge in [-0.3, -0.25) is 0 Å². The molecule has 0 aliphatic heterocycles. The van der Waals surface area contributed by atoms with Crippen LogP contribution in [0.3, 0.4) is 0 Å². The van der Waals surface area contributed by atoms with Crippen molar-refractivity contribution in [1.82, 2.24) is 9.36 Å². The molecule has 5 heteroatoms. The van der Waals surface area contributed by atoms with Crippen LogP contribution in [0.4, 0.5) is 5.13 Å². The van der Waals surface area contributed by atoms with E-state index in [0.29, 0.717) is 6.54 Å². The highest BCUT2D eigenvalue weighted by atomic mass is 32.1. The predicted octanol–water partition coefficient (Wildman–Crippen LogP) is 0.664. The summed E-state index contributed by atoms with van der Waals surface area (Å²) in [6.45, 7) is 4.20. The summed E-state index contributed by atoms with van der Waals surface area (Å²) in [4.78, 5) is 6.08. The third-order valence-electron chi connectivity index (χ3n) is 1.38. The first-order valence-corrected chi connectivity index (χ1v) is 4.56. The topological polar surface area (TPSA) is 49.2 Å². The Morgan fingerprint density at radius 2 is 2.33 bits per heavy atom. The molecule has 1 aromatic heterocycles. The van der Waals surface area contributed by atoms with E-state index in [4.69, 9.17) is 5.11 Å². The zero-order chi connectivity index (χ0) is 9.14. The highest BCUT2D eigenvalue weighted by Crippen LogP contribution is 2.14. The van der Waals surface area contributed by atoms with Crippen molar-refractivity contribution in [2.24, 2.45) is 0 Å². The van der Waals surface area contributed by atoms with Gasteiger partial charge in [-0.1, -0.05) is 0 Å². The van der Waals surface area contributed by atoms with E-state index in [1.807, 2.05) is 18.9 Å². The molecule has 0 spiro atoms. The van der Waals surface area contributed by atoms with Gasteiger partial charge >= 0.3 is 0 Å². The molecule has 1 rings (SSSR count). The first kappa shape index (κ1) is 9.41. The first-order valence-electron chi connectivity index (χ1n) is 3.79. The van der Waals surface area contributed by atoms with Crippen molar-refractivity contribution in [2.75, 3.05) is 18.5 Å². The van der Waals surface area contributed by atoms with E-state index in [-0.39, 0.29) is 6.10 Å². The lowest BCUT2D eigenvalue weighted by atomic mass is 10.4. The number of aryl methyl sites for hydroxylation is 1. The van der Waals surface area contributed by atoms with Crippen LogP contribution in [0, 0.1) is 6.92 Å². The number of hydrogen-bond acceptors (Lipinski definition) is 5. The maximum atomic E-state index is 9.11. The number of aliphatic hydroxyl groups excluding tert-OH is 1. The Labute approximate surface area is 76.0 Å². The second kappa shape index (κ2) is 3.82. The van der Waals surface area contributed by atoms with Gasteiger partial charge in [0.25, 0.3) is 0 Å². The molecule has 0 aliphatic carbocycles. The summed E-state index contributed by atoms with van der Waals surface area (Å²) in [5, 5.41) is 9.96. The molecule has 1 atom stereocenters. The molecular weight excluding hydrogens is 174 g/mol. The van der Waals surface area contributed by atoms with Crippen molar-refractivity contribution in [3.8, 4) is 0 Å². The summed E-state index contributed by atoms with van der Waals surface area (Å²) < 4.78 is 4.05. The largest absolute Gasteiger partial charge is 0.392 e. The van der Waals surface area contributed by atoms with E-state index in [2.05, 4.69) is 9.36 Å². The Balaban J connectivity index is 2.58. The third-order valence-corrected chi connectivity index (χ3v) is 2.30. The van der Waals surface area contributed by atoms with Gasteiger partial charge in [-0.2, -0.15) is 4.37 Å². The van der Waals surface area contributed by atoms with Gasteiger partial charge < -0.3 is 10.0 Å². The third kappa shape index (κ3) is 2.42. The Hall–Kier alpha value is -0.680. The molecule has 1 aromatic rings. The van der Waals surface area contributed by atoms with Crippen LogP contribution >= 0.6 is 11.5 Å². The second-order valence-electron chi connectivity index (χ2n) is 2.85. The van der Waals surface area contributed by atoms with Crippen molar-refractivity contribution in [3.05, 3.63) is 5.82 Å². The molecule has 0 saturated heterocycles. The van der Waals surface area contributed by atoms with E-state index in [1.165, 1.54) is 11.5 Å². The molecule has 0 saturated carbocycles. The van der Waals surface area contributed by atoms with Gasteiger partial charge in [0, 0.05) is 25.1 Å². The average molecular weight is 187 g/mol. The fourth-order valence-electron chi connectivity index (χ4n) is 0.916. The zero-order valence-corrected chi connectivity index (χ0v) is 8.30. The van der Waals surface area contributed by atoms with Crippen LogP contribution in [0.2, 0.25) is 0 Å². The molecule has 0 aromatic carbocycles. The molecule has 0 bridgehead atoms. The number of anilines is 1. The van der Waals surface area contributed by atoms with Gasteiger partial charge in [0.05, 0.1) is 6.10 Å². The van der Waals surface area contributed by atoms with E-state index in [9.17, 15) is 0 Å². The fraction of sp³-hybridized carbons (Fsp3) is 0.714. The molecule has 0 radical (unpaired) electrons. The Kier molecular flexibility index (Phi) is 2.99. The van der Waals surface area contributed by atoms with E-state index in [0.717, 1.165) is 11.0 Å². The van der Waals surface area contributed by atoms with Crippen LogP contribution in [-0.2, 0) is 0 Å². The molecule has 1 unspecified atom stereocenters. The zero-order valence-electron chi connectivity index (χ0n) is 7.48. The van der Waals surface area contributed by atoms with Crippen LogP contribution in [0.1, 0.15) is 12.7 Å². The first-order chi connectivity index (χ1) is 5.59. The molecule has 0 fully saturated rings. The number of likely N-dealkylation sites (N-methyl/N-ethyl adjacent to an activating group) is 1. The quantitative estimate of drug-likeness (QED) is 0.755. The van der Waals surface area contributed by atoms with Crippen molar-refractivity contribution in [1.29, 1.82) is 0 Å². The summed E-state index contributed by atoms with van der Waals surface area (Å²) in [6.07, 6.45) is -0.334. The van der Waals surface area contributed by atoms with Crippen LogP contribution in [-0.4, -0.2) is 34.2 Å². The van der Waals surface area contributed by atoms with Crippen molar-refractivity contribution in [3.63, 3.8) is 0 Å². The minimum absolute atomic E-state index is 0.334. The number of nitrogens with zero attached hydrogens (tertiary/aromatic N) is 3. The number of hydrogen-bond donors (Lipinski definition) is 1. The lowest BCUT2D eigenvalue weighted by Crippen LogP contribution is -2.26. The van der Waals surface area contributed by atoms with Gasteiger partial charge in [0.2, 0.25) is 5.13 Å². The van der Waals surface area contributed by atoms with Crippen molar-refractivity contribution >= 4 is 16.7 Å². The van der Waals surface area contributed by atoms with Crippen LogP contribution < -0.4 is 4.90 Å². The van der Waals surface area contributed by atoms with E-state index in [1.54, 1.807) is 6.92 Å². The van der Waals surface area contributed by atoms with Crippen LogP contribution in [0.25, 0.3) is 0 Å². The van der Waals surface area contributed by atoms with Gasteiger partial charge in [-0.15, -0.1) is 0 Å². The average Bonchev–Trinajstić information content (AvgIpc) is 2.34. The smallest absolute Gasteiger partial charge is 0.205 e. The summed E-state index contributed by atoms with van der Waals surface area (Å²) in [5.74, 6) is 0.785. The number of aliphatic hydroxyl groups is 1. The normalized spacial score (nSPS) is 13.0. The van der Waals surface area contributed by atoms with Crippen LogP contribution in [0.5, 0.6) is 0 Å². The summed E-state index contributed by atoms with van der Waals surface area (Å²) in [7, 11) is 1.90. The Bertz CT molecular complexity index is 249. The predicted molar refractivity (Wildman–Crippen MR) is 49.6 cm³/mol. The maximum absolute atomic E-state index is 9.11. The van der Waals surface area contributed by atoms with E-state index >= 15 is 0 Å². The van der Waals surface area contributed by atoms with Gasteiger partial charge in [-0.05, 0) is 13.8 Å². The molecule has 0 aliphatic rings. The highest BCUT2D eigenvalue weighted by molar-refractivity contribution is 7.09. The summed E-state index contributed by atoms with van der Waals surface area (Å²) >= 11 is 1.35. The van der Waals surface area contributed by atoms with E-state index < -0.39 is 0 Å². The minimum atomic E-state index is -0.334. The lowest BCUT2D eigenvalue weighted by molar-refractivity contribution is 0.201.